The second-order valence-electron chi connectivity index (χ2n) is 7.08. The van der Waals surface area contributed by atoms with Crippen LogP contribution in [0.1, 0.15) is 44.5 Å². The third-order valence-electron chi connectivity index (χ3n) is 4.55. The van der Waals surface area contributed by atoms with Gasteiger partial charge in [0.2, 0.25) is 0 Å². The lowest BCUT2D eigenvalue weighted by molar-refractivity contribution is -0.139. The van der Waals surface area contributed by atoms with Gasteiger partial charge in [0.15, 0.2) is 0 Å². The average Bonchev–Trinajstić information content (AvgIpc) is 2.86. The van der Waals surface area contributed by atoms with Crippen LogP contribution in [0.2, 0.25) is 5.02 Å². The first-order valence-electron chi connectivity index (χ1n) is 10.6. The Labute approximate surface area is 212 Å². The van der Waals surface area contributed by atoms with Crippen molar-refractivity contribution in [2.75, 3.05) is 33.4 Å². The molecule has 2 rings (SSSR count). The van der Waals surface area contributed by atoms with Gasteiger partial charge in [0.05, 0.1) is 17.7 Å². The molecule has 1 aromatic carbocycles. The molecule has 0 fully saturated rings. The Balaban J connectivity index is 2.03. The Hall–Kier alpha value is -3.55. The zero-order valence-corrected chi connectivity index (χ0v) is 21.1. The number of halogens is 1. The number of hydrogen-bond donors (Lipinski definition) is 3. The predicted molar refractivity (Wildman–Crippen MR) is 128 cm³/mol. The van der Waals surface area contributed by atoms with Crippen LogP contribution in [0, 0.1) is 0 Å². The summed E-state index contributed by atoms with van der Waals surface area (Å²) < 4.78 is 36.8. The number of methoxy groups -OCH3 is 1. The number of ether oxygens (including phenoxy) is 2. The summed E-state index contributed by atoms with van der Waals surface area (Å²) in [7, 11) is -3.23. The highest BCUT2D eigenvalue weighted by Crippen LogP contribution is 2.23. The quantitative estimate of drug-likeness (QED) is 0.261. The summed E-state index contributed by atoms with van der Waals surface area (Å²) >= 11 is 6.09. The number of nitrogens with zero attached hydrogens (tertiary/aromatic N) is 1. The smallest absolute Gasteiger partial charge is 0.325 e. The molecule has 194 valence electrons. The molecular formula is C22H25ClN4O8S. The number of sulfonamides is 1. The van der Waals surface area contributed by atoms with Crippen molar-refractivity contribution in [2.24, 2.45) is 0 Å². The third kappa shape index (κ3) is 8.29. The number of pyridine rings is 1. The molecule has 36 heavy (non-hydrogen) atoms. The standard InChI is InChI=1S/C22H25ClN4O8S/c1-3-35-10-4-9-24-20(29)14-6-8-18(16(23)11-14)36(32,33)27-21(30)15-5-7-17(25-12-15)22(31)26-13-19(28)34-2/h5-8,11-12H,3-4,9-10,13H2,1-2H3,(H,24,29)(H,26,31)(H,27,30). The maximum absolute atomic E-state index is 12.7. The molecule has 14 heteroatoms. The molecule has 0 unspecified atom stereocenters. The number of amides is 3. The van der Waals surface area contributed by atoms with E-state index in [1.165, 1.54) is 31.4 Å². The van der Waals surface area contributed by atoms with Crippen LogP contribution < -0.4 is 15.4 Å². The maximum atomic E-state index is 12.7. The van der Waals surface area contributed by atoms with Gasteiger partial charge in [-0.1, -0.05) is 11.6 Å². The molecule has 12 nitrogen and oxygen atoms in total. The fourth-order valence-electron chi connectivity index (χ4n) is 2.70. The Bertz CT molecular complexity index is 1220. The van der Waals surface area contributed by atoms with E-state index in [1.807, 2.05) is 11.6 Å². The SMILES string of the molecule is CCOCCCNC(=O)c1ccc(S(=O)(=O)NC(=O)c2ccc(C(=O)NCC(=O)OC)nc2)c(Cl)c1. The summed E-state index contributed by atoms with van der Waals surface area (Å²) in [5.74, 6) is -2.81. The molecule has 3 N–H and O–H groups in total. The van der Waals surface area contributed by atoms with Crippen molar-refractivity contribution in [3.63, 3.8) is 0 Å². The van der Waals surface area contributed by atoms with Gasteiger partial charge in [-0.3, -0.25) is 24.2 Å². The Morgan fingerprint density at radius 2 is 1.72 bits per heavy atom. The van der Waals surface area contributed by atoms with Crippen molar-refractivity contribution >= 4 is 45.3 Å². The Kier molecular flexibility index (Phi) is 10.8. The zero-order valence-electron chi connectivity index (χ0n) is 19.5. The highest BCUT2D eigenvalue weighted by atomic mass is 35.5. The van der Waals surface area contributed by atoms with E-state index in [-0.39, 0.29) is 28.4 Å². The highest BCUT2D eigenvalue weighted by molar-refractivity contribution is 7.90. The predicted octanol–water partition coefficient (Wildman–Crippen LogP) is 0.913. The van der Waals surface area contributed by atoms with E-state index in [1.54, 1.807) is 0 Å². The van der Waals surface area contributed by atoms with Gasteiger partial charge in [0, 0.05) is 31.5 Å². The van der Waals surface area contributed by atoms with Crippen LogP contribution >= 0.6 is 11.6 Å². The number of esters is 1. The first kappa shape index (κ1) is 28.7. The van der Waals surface area contributed by atoms with Crippen LogP contribution in [0.15, 0.2) is 41.4 Å². The number of carbonyl (C=O) groups is 4. The molecule has 0 bridgehead atoms. The van der Waals surface area contributed by atoms with E-state index >= 15 is 0 Å². The monoisotopic (exact) mass is 540 g/mol. The molecule has 0 saturated heterocycles. The molecule has 0 atom stereocenters. The van der Waals surface area contributed by atoms with Crippen LogP contribution in [0.3, 0.4) is 0 Å². The van der Waals surface area contributed by atoms with E-state index in [4.69, 9.17) is 16.3 Å². The largest absolute Gasteiger partial charge is 0.468 e. The van der Waals surface area contributed by atoms with Crippen molar-refractivity contribution in [3.8, 4) is 0 Å². The topological polar surface area (TPSA) is 170 Å². The van der Waals surface area contributed by atoms with Gasteiger partial charge >= 0.3 is 5.97 Å². The number of benzene rings is 1. The van der Waals surface area contributed by atoms with Gasteiger partial charge in [0.25, 0.3) is 27.7 Å². The summed E-state index contributed by atoms with van der Waals surface area (Å²) in [5, 5.41) is 4.69. The van der Waals surface area contributed by atoms with E-state index < -0.39 is 38.6 Å². The molecule has 0 saturated carbocycles. The van der Waals surface area contributed by atoms with Gasteiger partial charge in [-0.05, 0) is 43.7 Å². The van der Waals surface area contributed by atoms with Crippen molar-refractivity contribution in [1.82, 2.24) is 20.3 Å². The lowest BCUT2D eigenvalue weighted by atomic mass is 10.2. The fraction of sp³-hybridized carbons (Fsp3) is 0.318. The second-order valence-corrected chi connectivity index (χ2v) is 9.14. The van der Waals surface area contributed by atoms with Gasteiger partial charge in [-0.2, -0.15) is 0 Å². The highest BCUT2D eigenvalue weighted by Gasteiger charge is 2.23. The van der Waals surface area contributed by atoms with Crippen LogP contribution in [0.5, 0.6) is 0 Å². The summed E-state index contributed by atoms with van der Waals surface area (Å²) in [6.07, 6.45) is 1.61. The molecule has 0 radical (unpaired) electrons. The van der Waals surface area contributed by atoms with E-state index in [9.17, 15) is 27.6 Å². The minimum atomic E-state index is -4.39. The molecule has 2 aromatic rings. The van der Waals surface area contributed by atoms with Crippen LogP contribution in [-0.4, -0.2) is 70.5 Å². The van der Waals surface area contributed by atoms with Crippen molar-refractivity contribution in [3.05, 3.63) is 58.4 Å². The first-order chi connectivity index (χ1) is 17.1. The van der Waals surface area contributed by atoms with Crippen LogP contribution in [0.4, 0.5) is 0 Å². The van der Waals surface area contributed by atoms with Crippen molar-refractivity contribution < 1.29 is 37.1 Å². The van der Waals surface area contributed by atoms with E-state index in [0.717, 1.165) is 12.3 Å². The molecule has 1 aromatic heterocycles. The van der Waals surface area contributed by atoms with Gasteiger partial charge in [-0.15, -0.1) is 0 Å². The summed E-state index contributed by atoms with van der Waals surface area (Å²) in [6.45, 7) is 2.94. The normalized spacial score (nSPS) is 10.9. The van der Waals surface area contributed by atoms with Crippen molar-refractivity contribution in [1.29, 1.82) is 0 Å². The maximum Gasteiger partial charge on any atom is 0.325 e. The molecule has 0 aliphatic carbocycles. The van der Waals surface area contributed by atoms with E-state index in [2.05, 4.69) is 20.4 Å². The Morgan fingerprint density at radius 3 is 2.33 bits per heavy atom. The van der Waals surface area contributed by atoms with Gasteiger partial charge in [0.1, 0.15) is 17.1 Å². The fourth-order valence-corrected chi connectivity index (χ4v) is 4.22. The zero-order chi connectivity index (χ0) is 26.7. The summed E-state index contributed by atoms with van der Waals surface area (Å²) in [5.41, 5.74) is -0.109. The number of aromatic nitrogens is 1. The summed E-state index contributed by atoms with van der Waals surface area (Å²) in [6, 6.07) is 5.93. The number of rotatable bonds is 12. The molecular weight excluding hydrogens is 516 g/mol. The number of carbonyl (C=O) groups excluding carboxylic acids is 4. The van der Waals surface area contributed by atoms with Gasteiger partial charge < -0.3 is 20.1 Å². The summed E-state index contributed by atoms with van der Waals surface area (Å²) in [4.78, 5) is 51.1. The van der Waals surface area contributed by atoms with E-state index in [0.29, 0.717) is 26.2 Å². The minimum absolute atomic E-state index is 0.104. The van der Waals surface area contributed by atoms with Crippen molar-refractivity contribution in [2.45, 2.75) is 18.2 Å². The van der Waals surface area contributed by atoms with Gasteiger partial charge in [-0.25, -0.2) is 13.1 Å². The third-order valence-corrected chi connectivity index (χ3v) is 6.36. The molecule has 3 amide bonds. The second kappa shape index (κ2) is 13.5. The Morgan fingerprint density at radius 1 is 1.00 bits per heavy atom. The lowest BCUT2D eigenvalue weighted by Crippen LogP contribution is -2.32. The molecule has 0 aliphatic heterocycles. The molecule has 0 aliphatic rings. The molecule has 1 heterocycles. The molecule has 0 spiro atoms. The first-order valence-corrected chi connectivity index (χ1v) is 12.5. The van der Waals surface area contributed by atoms with Crippen LogP contribution in [-0.2, 0) is 24.3 Å². The minimum Gasteiger partial charge on any atom is -0.468 e. The lowest BCUT2D eigenvalue weighted by Gasteiger charge is -2.11. The number of hydrogen-bond acceptors (Lipinski definition) is 9. The number of nitrogens with one attached hydrogen (secondary N) is 3. The average molecular weight is 541 g/mol. The van der Waals surface area contributed by atoms with Crippen LogP contribution in [0.25, 0.3) is 0 Å².